The van der Waals surface area contributed by atoms with E-state index in [0.717, 1.165) is 5.56 Å². The number of alkyl carbamates (subject to hydrolysis) is 1. The second kappa shape index (κ2) is 4.86. The molecule has 0 bridgehead atoms. The molecule has 2 rings (SSSR count). The van der Waals surface area contributed by atoms with Crippen LogP contribution >= 0.6 is 0 Å². The highest BCUT2D eigenvalue weighted by molar-refractivity contribution is 5.70. The number of carbonyl (C=O) groups excluding carboxylic acids is 2. The Morgan fingerprint density at radius 2 is 2.35 bits per heavy atom. The molecule has 1 N–H and O–H groups in total. The highest BCUT2D eigenvalue weighted by Crippen LogP contribution is 2.23. The Kier molecular flexibility index (Phi) is 3.27. The van der Waals surface area contributed by atoms with Crippen molar-refractivity contribution in [2.24, 2.45) is 0 Å². The molecule has 0 saturated carbocycles. The van der Waals surface area contributed by atoms with Crippen molar-refractivity contribution in [1.82, 2.24) is 5.32 Å². The molecular formula is C12H13NO4. The first-order valence-electron chi connectivity index (χ1n) is 5.37. The molecule has 0 aromatic heterocycles. The minimum atomic E-state index is -0.417. The standard InChI is InChI=1S/C12H13NO4/c1-8(14)17-10-4-2-3-9(7-10)11-5-6-16-12(15)13-11/h2-4,7,11H,5-6H2,1H3,(H,13,15)/t11-/m0/s1. The quantitative estimate of drug-likeness (QED) is 0.627. The minimum Gasteiger partial charge on any atom is -0.449 e. The first-order valence-corrected chi connectivity index (χ1v) is 5.37. The first-order chi connectivity index (χ1) is 8.15. The van der Waals surface area contributed by atoms with Crippen molar-refractivity contribution < 1.29 is 19.1 Å². The molecule has 1 aliphatic rings. The Bertz CT molecular complexity index is 444. The van der Waals surface area contributed by atoms with Crippen LogP contribution in [0.15, 0.2) is 24.3 Å². The molecule has 0 radical (unpaired) electrons. The van der Waals surface area contributed by atoms with Crippen LogP contribution in [0.25, 0.3) is 0 Å². The maximum Gasteiger partial charge on any atom is 0.407 e. The largest absolute Gasteiger partial charge is 0.449 e. The Labute approximate surface area is 98.7 Å². The van der Waals surface area contributed by atoms with E-state index in [4.69, 9.17) is 9.47 Å². The highest BCUT2D eigenvalue weighted by Gasteiger charge is 2.20. The van der Waals surface area contributed by atoms with Crippen molar-refractivity contribution in [2.45, 2.75) is 19.4 Å². The third-order valence-corrected chi connectivity index (χ3v) is 2.45. The summed E-state index contributed by atoms with van der Waals surface area (Å²) in [4.78, 5) is 21.9. The van der Waals surface area contributed by atoms with Gasteiger partial charge in [-0.1, -0.05) is 12.1 Å². The van der Waals surface area contributed by atoms with Gasteiger partial charge in [0.1, 0.15) is 5.75 Å². The van der Waals surface area contributed by atoms with Gasteiger partial charge in [0.2, 0.25) is 0 Å². The number of benzene rings is 1. The molecule has 1 aliphatic heterocycles. The minimum absolute atomic E-state index is 0.0910. The van der Waals surface area contributed by atoms with Crippen molar-refractivity contribution in [3.63, 3.8) is 0 Å². The zero-order valence-corrected chi connectivity index (χ0v) is 9.43. The van der Waals surface area contributed by atoms with Crippen LogP contribution in [-0.2, 0) is 9.53 Å². The lowest BCUT2D eigenvalue weighted by molar-refractivity contribution is -0.131. The van der Waals surface area contributed by atoms with Gasteiger partial charge in [-0.25, -0.2) is 4.79 Å². The van der Waals surface area contributed by atoms with E-state index in [1.165, 1.54) is 6.92 Å². The number of hydrogen-bond donors (Lipinski definition) is 1. The van der Waals surface area contributed by atoms with E-state index in [-0.39, 0.29) is 12.0 Å². The number of ether oxygens (including phenoxy) is 2. The highest BCUT2D eigenvalue weighted by atomic mass is 16.6. The molecular weight excluding hydrogens is 222 g/mol. The number of carbonyl (C=O) groups is 2. The van der Waals surface area contributed by atoms with E-state index >= 15 is 0 Å². The summed E-state index contributed by atoms with van der Waals surface area (Å²) in [5.41, 5.74) is 0.903. The normalized spacial score (nSPS) is 19.1. The Balaban J connectivity index is 2.14. The van der Waals surface area contributed by atoms with Crippen LogP contribution < -0.4 is 10.1 Å². The monoisotopic (exact) mass is 235 g/mol. The summed E-state index contributed by atoms with van der Waals surface area (Å²) in [6.45, 7) is 1.75. The third kappa shape index (κ3) is 2.96. The van der Waals surface area contributed by atoms with E-state index in [1.807, 2.05) is 6.07 Å². The predicted molar refractivity (Wildman–Crippen MR) is 59.6 cm³/mol. The Morgan fingerprint density at radius 3 is 3.06 bits per heavy atom. The molecule has 5 nitrogen and oxygen atoms in total. The average molecular weight is 235 g/mol. The van der Waals surface area contributed by atoms with Gasteiger partial charge in [-0.15, -0.1) is 0 Å². The molecule has 0 spiro atoms. The molecule has 1 atom stereocenters. The maximum atomic E-state index is 11.1. The Morgan fingerprint density at radius 1 is 1.53 bits per heavy atom. The van der Waals surface area contributed by atoms with Crippen molar-refractivity contribution in [3.05, 3.63) is 29.8 Å². The average Bonchev–Trinajstić information content (AvgIpc) is 2.28. The summed E-state index contributed by atoms with van der Waals surface area (Å²) in [6, 6.07) is 7.02. The van der Waals surface area contributed by atoms with Gasteiger partial charge in [0, 0.05) is 13.3 Å². The van der Waals surface area contributed by atoms with Gasteiger partial charge < -0.3 is 14.8 Å². The lowest BCUT2D eigenvalue weighted by Crippen LogP contribution is -2.35. The van der Waals surface area contributed by atoms with E-state index in [2.05, 4.69) is 5.32 Å². The number of rotatable bonds is 2. The third-order valence-electron chi connectivity index (χ3n) is 2.45. The smallest absolute Gasteiger partial charge is 0.407 e. The molecule has 5 heteroatoms. The van der Waals surface area contributed by atoms with Gasteiger partial charge in [-0.05, 0) is 17.7 Å². The SMILES string of the molecule is CC(=O)Oc1cccc([C@@H]2CCOC(=O)N2)c1. The first kappa shape index (κ1) is 11.4. The van der Waals surface area contributed by atoms with Crippen molar-refractivity contribution in [2.75, 3.05) is 6.61 Å². The maximum absolute atomic E-state index is 11.1. The van der Waals surface area contributed by atoms with Gasteiger partial charge in [0.25, 0.3) is 0 Å². The molecule has 90 valence electrons. The van der Waals surface area contributed by atoms with Gasteiger partial charge in [0.15, 0.2) is 0 Å². The summed E-state index contributed by atoms with van der Waals surface area (Å²) in [7, 11) is 0. The fraction of sp³-hybridized carbons (Fsp3) is 0.333. The summed E-state index contributed by atoms with van der Waals surface area (Å²) in [5, 5.41) is 2.71. The van der Waals surface area contributed by atoms with Crippen LogP contribution in [0, 0.1) is 0 Å². The topological polar surface area (TPSA) is 64.6 Å². The van der Waals surface area contributed by atoms with Crippen LogP contribution in [0.4, 0.5) is 4.79 Å². The van der Waals surface area contributed by atoms with Crippen molar-refractivity contribution in [3.8, 4) is 5.75 Å². The molecule has 1 amide bonds. The lowest BCUT2D eigenvalue weighted by atomic mass is 10.0. The molecule has 1 aromatic carbocycles. The molecule has 0 unspecified atom stereocenters. The van der Waals surface area contributed by atoms with Gasteiger partial charge in [-0.3, -0.25) is 4.79 Å². The molecule has 1 saturated heterocycles. The number of cyclic esters (lactones) is 1. The summed E-state index contributed by atoms with van der Waals surface area (Å²) in [5.74, 6) is 0.119. The van der Waals surface area contributed by atoms with E-state index in [1.54, 1.807) is 18.2 Å². The van der Waals surface area contributed by atoms with Crippen molar-refractivity contribution >= 4 is 12.1 Å². The zero-order valence-electron chi connectivity index (χ0n) is 9.43. The molecule has 0 aliphatic carbocycles. The van der Waals surface area contributed by atoms with Crippen LogP contribution in [0.3, 0.4) is 0 Å². The molecule has 1 heterocycles. The van der Waals surface area contributed by atoms with Crippen molar-refractivity contribution in [1.29, 1.82) is 0 Å². The zero-order chi connectivity index (χ0) is 12.3. The molecule has 1 aromatic rings. The van der Waals surface area contributed by atoms with Crippen LogP contribution in [-0.4, -0.2) is 18.7 Å². The van der Waals surface area contributed by atoms with Gasteiger partial charge in [-0.2, -0.15) is 0 Å². The number of amides is 1. The summed E-state index contributed by atoms with van der Waals surface area (Å²) in [6.07, 6.45) is 0.286. The number of hydrogen-bond acceptors (Lipinski definition) is 4. The number of nitrogens with one attached hydrogen (secondary N) is 1. The fourth-order valence-corrected chi connectivity index (χ4v) is 1.74. The second-order valence-corrected chi connectivity index (χ2v) is 3.79. The van der Waals surface area contributed by atoms with Gasteiger partial charge in [0.05, 0.1) is 12.6 Å². The predicted octanol–water partition coefficient (Wildman–Crippen LogP) is 1.78. The second-order valence-electron chi connectivity index (χ2n) is 3.79. The fourth-order valence-electron chi connectivity index (χ4n) is 1.74. The summed E-state index contributed by atoms with van der Waals surface area (Å²) >= 11 is 0. The molecule has 17 heavy (non-hydrogen) atoms. The summed E-state index contributed by atoms with van der Waals surface area (Å²) < 4.78 is 9.78. The van der Waals surface area contributed by atoms with Crippen LogP contribution in [0.1, 0.15) is 24.9 Å². The van der Waals surface area contributed by atoms with E-state index < -0.39 is 6.09 Å². The lowest BCUT2D eigenvalue weighted by Gasteiger charge is -2.23. The van der Waals surface area contributed by atoms with Crippen LogP contribution in [0.5, 0.6) is 5.75 Å². The van der Waals surface area contributed by atoms with E-state index in [0.29, 0.717) is 18.8 Å². The molecule has 1 fully saturated rings. The number of esters is 1. The van der Waals surface area contributed by atoms with Gasteiger partial charge >= 0.3 is 12.1 Å². The van der Waals surface area contributed by atoms with E-state index in [9.17, 15) is 9.59 Å². The Hall–Kier alpha value is -2.04. The van der Waals surface area contributed by atoms with Crippen LogP contribution in [0.2, 0.25) is 0 Å².